The number of aromatic nitrogens is 1. The Hall–Kier alpha value is -3.50. The summed E-state index contributed by atoms with van der Waals surface area (Å²) in [6.07, 6.45) is 2.94. The Morgan fingerprint density at radius 1 is 1.11 bits per heavy atom. The Kier molecular flexibility index (Phi) is 6.16. The van der Waals surface area contributed by atoms with Crippen molar-refractivity contribution in [1.82, 2.24) is 4.57 Å². The molecule has 1 amide bonds. The van der Waals surface area contributed by atoms with Gasteiger partial charge in [0.1, 0.15) is 11.7 Å². The molecule has 0 unspecified atom stereocenters. The fraction of sp³-hybridized carbons (Fsp3) is 0.429. The molecule has 0 bridgehead atoms. The molecular weight excluding hydrogens is 440 g/mol. The van der Waals surface area contributed by atoms with Gasteiger partial charge in [-0.3, -0.25) is 5.32 Å². The van der Waals surface area contributed by atoms with Gasteiger partial charge in [-0.2, -0.15) is 5.26 Å². The highest BCUT2D eigenvalue weighted by molar-refractivity contribution is 5.96. The molecule has 7 nitrogen and oxygen atoms in total. The number of rotatable bonds is 4. The van der Waals surface area contributed by atoms with Crippen LogP contribution in [0.3, 0.4) is 0 Å². The molecule has 1 N–H and O–H groups in total. The number of anilines is 2. The molecule has 1 saturated carbocycles. The Bertz CT molecular complexity index is 1270. The third kappa shape index (κ3) is 4.71. The number of hydrogen-bond acceptors (Lipinski definition) is 5. The first kappa shape index (κ1) is 23.3. The zero-order valence-electron chi connectivity index (χ0n) is 20.6. The second-order valence-corrected chi connectivity index (χ2v) is 10.3. The van der Waals surface area contributed by atoms with Crippen molar-refractivity contribution in [1.29, 1.82) is 5.26 Å². The van der Waals surface area contributed by atoms with E-state index in [9.17, 15) is 10.1 Å². The van der Waals surface area contributed by atoms with Crippen molar-refractivity contribution in [2.75, 3.05) is 36.5 Å². The molecule has 35 heavy (non-hydrogen) atoms. The number of nitrogens with zero attached hydrogens (tertiary/aromatic N) is 3. The standard InChI is InChI=1S/C28H32N4O3/c1-28(2,3)35-27(33)30-20-9-7-19(8-10-20)26-24(18-29)23-12-11-22(31-13-15-34-16-14-31)17-25(23)32(26)21-5-4-6-21/h7-12,17,21H,4-6,13-16H2,1-3H3,(H,30,33). The van der Waals surface area contributed by atoms with Crippen LogP contribution in [-0.2, 0) is 9.47 Å². The van der Waals surface area contributed by atoms with Crippen molar-refractivity contribution >= 4 is 28.4 Å². The molecule has 0 atom stereocenters. The van der Waals surface area contributed by atoms with Gasteiger partial charge >= 0.3 is 6.09 Å². The molecule has 0 radical (unpaired) electrons. The minimum atomic E-state index is -0.560. The van der Waals surface area contributed by atoms with E-state index in [1.807, 2.05) is 45.0 Å². The van der Waals surface area contributed by atoms with E-state index < -0.39 is 11.7 Å². The van der Waals surface area contributed by atoms with Crippen LogP contribution in [0.2, 0.25) is 0 Å². The predicted molar refractivity (Wildman–Crippen MR) is 138 cm³/mol. The first-order chi connectivity index (χ1) is 16.8. The van der Waals surface area contributed by atoms with Gasteiger partial charge in [0.15, 0.2) is 0 Å². The Balaban J connectivity index is 1.54. The zero-order valence-corrected chi connectivity index (χ0v) is 20.6. The molecule has 1 saturated heterocycles. The summed E-state index contributed by atoms with van der Waals surface area (Å²) in [4.78, 5) is 14.5. The number of ether oxygens (including phenoxy) is 2. The summed E-state index contributed by atoms with van der Waals surface area (Å²) >= 11 is 0. The normalized spacial score (nSPS) is 16.6. The summed E-state index contributed by atoms with van der Waals surface area (Å²) in [7, 11) is 0. The summed E-state index contributed by atoms with van der Waals surface area (Å²) in [5, 5.41) is 14.0. The number of carbonyl (C=O) groups is 1. The summed E-state index contributed by atoms with van der Waals surface area (Å²) in [5.41, 5.74) is 5.00. The van der Waals surface area contributed by atoms with Crippen LogP contribution in [-0.4, -0.2) is 42.6 Å². The Morgan fingerprint density at radius 2 is 1.83 bits per heavy atom. The van der Waals surface area contributed by atoms with Gasteiger partial charge in [-0.25, -0.2) is 4.79 Å². The highest BCUT2D eigenvalue weighted by atomic mass is 16.6. The van der Waals surface area contributed by atoms with Crippen molar-refractivity contribution < 1.29 is 14.3 Å². The molecule has 1 aromatic heterocycles. The van der Waals surface area contributed by atoms with Gasteiger partial charge in [0, 0.05) is 35.9 Å². The molecule has 1 aliphatic heterocycles. The largest absolute Gasteiger partial charge is 0.444 e. The van der Waals surface area contributed by atoms with Crippen LogP contribution in [0, 0.1) is 11.3 Å². The van der Waals surface area contributed by atoms with Crippen LogP contribution in [0.5, 0.6) is 0 Å². The highest BCUT2D eigenvalue weighted by Crippen LogP contribution is 2.43. The van der Waals surface area contributed by atoms with Crippen molar-refractivity contribution in [2.45, 2.75) is 51.7 Å². The second kappa shape index (κ2) is 9.27. The van der Waals surface area contributed by atoms with E-state index in [0.29, 0.717) is 17.3 Å². The van der Waals surface area contributed by atoms with E-state index in [4.69, 9.17) is 9.47 Å². The number of morpholine rings is 1. The van der Waals surface area contributed by atoms with Crippen LogP contribution in [0.4, 0.5) is 16.2 Å². The molecule has 3 aromatic rings. The molecule has 2 heterocycles. The summed E-state index contributed by atoms with van der Waals surface area (Å²) in [6.45, 7) is 8.73. The maximum atomic E-state index is 12.2. The molecule has 7 heteroatoms. The molecule has 2 fully saturated rings. The predicted octanol–water partition coefficient (Wildman–Crippen LogP) is 6.09. The van der Waals surface area contributed by atoms with E-state index in [1.165, 1.54) is 12.1 Å². The quantitative estimate of drug-likeness (QED) is 0.497. The van der Waals surface area contributed by atoms with Gasteiger partial charge in [-0.1, -0.05) is 12.1 Å². The van der Waals surface area contributed by atoms with Crippen LogP contribution < -0.4 is 10.2 Å². The van der Waals surface area contributed by atoms with E-state index in [-0.39, 0.29) is 0 Å². The molecular formula is C28H32N4O3. The van der Waals surface area contributed by atoms with Gasteiger partial charge in [-0.05, 0) is 75.9 Å². The number of nitrogens with one attached hydrogen (secondary N) is 1. The monoisotopic (exact) mass is 472 g/mol. The van der Waals surface area contributed by atoms with E-state index in [0.717, 1.165) is 61.3 Å². The lowest BCUT2D eigenvalue weighted by atomic mass is 9.92. The summed E-state index contributed by atoms with van der Waals surface area (Å²) in [6, 6.07) is 17.0. The van der Waals surface area contributed by atoms with Crippen molar-refractivity contribution in [3.8, 4) is 17.3 Å². The molecule has 5 rings (SSSR count). The highest BCUT2D eigenvalue weighted by Gasteiger charge is 2.28. The molecule has 182 valence electrons. The lowest BCUT2D eigenvalue weighted by Gasteiger charge is -2.31. The SMILES string of the molecule is CC(C)(C)OC(=O)Nc1ccc(-c2c(C#N)c3ccc(N4CCOCC4)cc3n2C2CCC2)cc1. The van der Waals surface area contributed by atoms with Crippen LogP contribution in [0.25, 0.3) is 22.2 Å². The maximum absolute atomic E-state index is 12.2. The topological polar surface area (TPSA) is 79.5 Å². The summed E-state index contributed by atoms with van der Waals surface area (Å²) in [5.74, 6) is 0. The van der Waals surface area contributed by atoms with Crippen LogP contribution in [0.15, 0.2) is 42.5 Å². The maximum Gasteiger partial charge on any atom is 0.412 e. The number of benzene rings is 2. The Labute approximate surface area is 206 Å². The van der Waals surface area contributed by atoms with E-state index in [2.05, 4.69) is 39.1 Å². The average Bonchev–Trinajstić information content (AvgIpc) is 3.11. The average molecular weight is 473 g/mol. The molecule has 2 aromatic carbocycles. The van der Waals surface area contributed by atoms with E-state index >= 15 is 0 Å². The number of amides is 1. The first-order valence-electron chi connectivity index (χ1n) is 12.4. The van der Waals surface area contributed by atoms with Gasteiger partial charge < -0.3 is 18.9 Å². The van der Waals surface area contributed by atoms with E-state index in [1.54, 1.807) is 0 Å². The number of nitriles is 1. The van der Waals surface area contributed by atoms with Crippen LogP contribution >= 0.6 is 0 Å². The minimum Gasteiger partial charge on any atom is -0.444 e. The third-order valence-corrected chi connectivity index (χ3v) is 6.72. The van der Waals surface area contributed by atoms with Gasteiger partial charge in [0.25, 0.3) is 0 Å². The molecule has 1 aliphatic carbocycles. The zero-order chi connectivity index (χ0) is 24.6. The lowest BCUT2D eigenvalue weighted by Crippen LogP contribution is -2.36. The van der Waals surface area contributed by atoms with Crippen LogP contribution in [0.1, 0.15) is 51.6 Å². The number of hydrogen-bond donors (Lipinski definition) is 1. The summed E-state index contributed by atoms with van der Waals surface area (Å²) < 4.78 is 13.3. The number of carbonyl (C=O) groups excluding carboxylic acids is 1. The molecule has 0 spiro atoms. The lowest BCUT2D eigenvalue weighted by molar-refractivity contribution is 0.0636. The fourth-order valence-electron chi connectivity index (χ4n) is 4.87. The fourth-order valence-corrected chi connectivity index (χ4v) is 4.87. The third-order valence-electron chi connectivity index (χ3n) is 6.72. The van der Waals surface area contributed by atoms with Crippen molar-refractivity contribution in [3.63, 3.8) is 0 Å². The van der Waals surface area contributed by atoms with Crippen molar-refractivity contribution in [2.24, 2.45) is 0 Å². The first-order valence-corrected chi connectivity index (χ1v) is 12.4. The van der Waals surface area contributed by atoms with Gasteiger partial charge in [0.05, 0.1) is 30.0 Å². The van der Waals surface area contributed by atoms with Gasteiger partial charge in [-0.15, -0.1) is 0 Å². The molecule has 2 aliphatic rings. The van der Waals surface area contributed by atoms with Crippen molar-refractivity contribution in [3.05, 3.63) is 48.0 Å². The smallest absolute Gasteiger partial charge is 0.412 e. The minimum absolute atomic E-state index is 0.383. The van der Waals surface area contributed by atoms with Gasteiger partial charge in [0.2, 0.25) is 0 Å². The second-order valence-electron chi connectivity index (χ2n) is 10.3. The number of fused-ring (bicyclic) bond motifs is 1. The Morgan fingerprint density at radius 3 is 2.43 bits per heavy atom.